The van der Waals surface area contributed by atoms with Crippen molar-refractivity contribution in [2.75, 3.05) is 6.54 Å². The van der Waals surface area contributed by atoms with Crippen molar-refractivity contribution < 1.29 is 14.7 Å². The predicted molar refractivity (Wildman–Crippen MR) is 75.4 cm³/mol. The van der Waals surface area contributed by atoms with Crippen LogP contribution in [-0.4, -0.2) is 38.5 Å². The summed E-state index contributed by atoms with van der Waals surface area (Å²) in [6, 6.07) is 0. The number of carboxylic acid groups (broad SMARTS) is 1. The molecule has 0 aromatic carbocycles. The molecular weight excluding hydrogens is 272 g/mol. The minimum Gasteiger partial charge on any atom is -0.481 e. The first-order valence-electron chi connectivity index (χ1n) is 7.42. The number of carboxylic acids is 1. The number of hydrogen-bond donors (Lipinski definition) is 2. The van der Waals surface area contributed by atoms with E-state index in [0.717, 1.165) is 32.1 Å². The van der Waals surface area contributed by atoms with Gasteiger partial charge in [-0.1, -0.05) is 24.5 Å². The minimum absolute atomic E-state index is 0.0687. The zero-order chi connectivity index (χ0) is 15.1. The molecule has 1 aliphatic carbocycles. The van der Waals surface area contributed by atoms with Crippen LogP contribution in [-0.2, 0) is 16.1 Å². The molecule has 7 heteroatoms. The molecule has 1 heterocycles. The van der Waals surface area contributed by atoms with Crippen LogP contribution in [0.25, 0.3) is 0 Å². The van der Waals surface area contributed by atoms with E-state index in [1.807, 2.05) is 0 Å². The summed E-state index contributed by atoms with van der Waals surface area (Å²) in [4.78, 5) is 23.0. The molecule has 7 nitrogen and oxygen atoms in total. The Kier molecular flexibility index (Phi) is 5.30. The van der Waals surface area contributed by atoms with Gasteiger partial charge in [0.15, 0.2) is 0 Å². The highest BCUT2D eigenvalue weighted by Crippen LogP contribution is 2.38. The summed E-state index contributed by atoms with van der Waals surface area (Å²) in [6.07, 6.45) is 8.74. The third kappa shape index (κ3) is 4.84. The second-order valence-electron chi connectivity index (χ2n) is 5.82. The number of amides is 1. The van der Waals surface area contributed by atoms with Crippen LogP contribution in [0, 0.1) is 5.41 Å². The van der Waals surface area contributed by atoms with Gasteiger partial charge in [0.2, 0.25) is 5.91 Å². The molecule has 0 bridgehead atoms. The molecule has 0 radical (unpaired) electrons. The maximum atomic E-state index is 11.9. The van der Waals surface area contributed by atoms with Crippen LogP contribution < -0.4 is 5.32 Å². The van der Waals surface area contributed by atoms with Gasteiger partial charge < -0.3 is 10.4 Å². The van der Waals surface area contributed by atoms with Crippen LogP contribution in [0.2, 0.25) is 0 Å². The van der Waals surface area contributed by atoms with E-state index >= 15 is 0 Å². The summed E-state index contributed by atoms with van der Waals surface area (Å²) < 4.78 is 1.60. The Morgan fingerprint density at radius 1 is 1.29 bits per heavy atom. The standard InChI is InChI=1S/C14H22N4O3/c19-12(4-8-18-9-7-16-17-18)15-11-14(10-13(20)21)5-2-1-3-6-14/h7,9H,1-6,8,10-11H2,(H,15,19)(H,20,21). The monoisotopic (exact) mass is 294 g/mol. The van der Waals surface area contributed by atoms with E-state index in [-0.39, 0.29) is 17.7 Å². The number of carbonyl (C=O) groups excluding carboxylic acids is 1. The number of nitrogens with one attached hydrogen (secondary N) is 1. The molecular formula is C14H22N4O3. The van der Waals surface area contributed by atoms with E-state index in [2.05, 4.69) is 15.6 Å². The van der Waals surface area contributed by atoms with E-state index < -0.39 is 5.97 Å². The average molecular weight is 294 g/mol. The molecule has 1 saturated carbocycles. The van der Waals surface area contributed by atoms with Gasteiger partial charge in [-0.2, -0.15) is 0 Å². The van der Waals surface area contributed by atoms with Crippen LogP contribution >= 0.6 is 0 Å². The number of aliphatic carboxylic acids is 1. The van der Waals surface area contributed by atoms with Gasteiger partial charge in [-0.15, -0.1) is 5.10 Å². The lowest BCUT2D eigenvalue weighted by atomic mass is 9.71. The van der Waals surface area contributed by atoms with Crippen molar-refractivity contribution in [1.82, 2.24) is 20.3 Å². The van der Waals surface area contributed by atoms with E-state index in [1.54, 1.807) is 17.1 Å². The zero-order valence-corrected chi connectivity index (χ0v) is 12.1. The van der Waals surface area contributed by atoms with Crippen LogP contribution in [0.1, 0.15) is 44.9 Å². The SMILES string of the molecule is O=C(O)CC1(CNC(=O)CCn2ccnn2)CCCCC1. The van der Waals surface area contributed by atoms with Crippen molar-refractivity contribution in [2.24, 2.45) is 5.41 Å². The molecule has 0 atom stereocenters. The Bertz CT molecular complexity index is 467. The number of carbonyl (C=O) groups is 2. The fourth-order valence-corrected chi connectivity index (χ4v) is 2.98. The number of rotatable bonds is 7. The van der Waals surface area contributed by atoms with Crippen molar-refractivity contribution in [2.45, 2.75) is 51.5 Å². The van der Waals surface area contributed by atoms with Gasteiger partial charge in [0.25, 0.3) is 0 Å². The summed E-state index contributed by atoms with van der Waals surface area (Å²) in [5.74, 6) is -0.852. The molecule has 1 fully saturated rings. The quantitative estimate of drug-likeness (QED) is 0.787. The van der Waals surface area contributed by atoms with Crippen molar-refractivity contribution in [3.8, 4) is 0 Å². The Hall–Kier alpha value is -1.92. The highest BCUT2D eigenvalue weighted by atomic mass is 16.4. The van der Waals surface area contributed by atoms with Gasteiger partial charge in [-0.3, -0.25) is 14.3 Å². The average Bonchev–Trinajstić information content (AvgIpc) is 2.96. The van der Waals surface area contributed by atoms with Gasteiger partial charge in [-0.05, 0) is 18.3 Å². The summed E-state index contributed by atoms with van der Waals surface area (Å²) >= 11 is 0. The summed E-state index contributed by atoms with van der Waals surface area (Å²) in [5.41, 5.74) is -0.271. The van der Waals surface area contributed by atoms with E-state index in [9.17, 15) is 9.59 Å². The maximum Gasteiger partial charge on any atom is 0.303 e. The first kappa shape index (κ1) is 15.5. The van der Waals surface area contributed by atoms with Crippen molar-refractivity contribution in [3.63, 3.8) is 0 Å². The van der Waals surface area contributed by atoms with Crippen LogP contribution in [0.4, 0.5) is 0 Å². The molecule has 1 aliphatic rings. The minimum atomic E-state index is -0.784. The van der Waals surface area contributed by atoms with E-state index in [0.29, 0.717) is 19.5 Å². The highest BCUT2D eigenvalue weighted by molar-refractivity contribution is 5.76. The van der Waals surface area contributed by atoms with Crippen LogP contribution in [0.15, 0.2) is 12.4 Å². The Balaban J connectivity index is 1.80. The topological polar surface area (TPSA) is 97.1 Å². The number of aromatic nitrogens is 3. The lowest BCUT2D eigenvalue weighted by molar-refractivity contribution is -0.140. The normalized spacial score (nSPS) is 17.3. The fourth-order valence-electron chi connectivity index (χ4n) is 2.98. The van der Waals surface area contributed by atoms with Gasteiger partial charge in [0.05, 0.1) is 19.2 Å². The third-order valence-electron chi connectivity index (χ3n) is 4.14. The molecule has 116 valence electrons. The zero-order valence-electron chi connectivity index (χ0n) is 12.1. The number of aryl methyl sites for hydroxylation is 1. The second-order valence-corrected chi connectivity index (χ2v) is 5.82. The van der Waals surface area contributed by atoms with Crippen molar-refractivity contribution >= 4 is 11.9 Å². The van der Waals surface area contributed by atoms with E-state index in [1.165, 1.54) is 0 Å². The summed E-state index contributed by atoms with van der Waals surface area (Å²) in [7, 11) is 0. The van der Waals surface area contributed by atoms with Gasteiger partial charge in [0.1, 0.15) is 0 Å². The van der Waals surface area contributed by atoms with Crippen LogP contribution in [0.3, 0.4) is 0 Å². The predicted octanol–water partition coefficient (Wildman–Crippen LogP) is 1.21. The Morgan fingerprint density at radius 2 is 2.05 bits per heavy atom. The third-order valence-corrected chi connectivity index (χ3v) is 4.14. The first-order valence-corrected chi connectivity index (χ1v) is 7.42. The fraction of sp³-hybridized carbons (Fsp3) is 0.714. The van der Waals surface area contributed by atoms with Gasteiger partial charge in [0, 0.05) is 19.2 Å². The lowest BCUT2D eigenvalue weighted by Crippen LogP contribution is -2.40. The van der Waals surface area contributed by atoms with Crippen LogP contribution in [0.5, 0.6) is 0 Å². The molecule has 21 heavy (non-hydrogen) atoms. The highest BCUT2D eigenvalue weighted by Gasteiger charge is 2.34. The largest absolute Gasteiger partial charge is 0.481 e. The number of nitrogens with zero attached hydrogens (tertiary/aromatic N) is 3. The maximum absolute atomic E-state index is 11.9. The molecule has 1 aromatic heterocycles. The molecule has 2 rings (SSSR count). The Labute approximate surface area is 123 Å². The van der Waals surface area contributed by atoms with Gasteiger partial charge >= 0.3 is 5.97 Å². The molecule has 1 amide bonds. The molecule has 0 saturated heterocycles. The smallest absolute Gasteiger partial charge is 0.303 e. The Morgan fingerprint density at radius 3 is 2.67 bits per heavy atom. The summed E-state index contributed by atoms with van der Waals surface area (Å²) in [6.45, 7) is 0.938. The van der Waals surface area contributed by atoms with Gasteiger partial charge in [-0.25, -0.2) is 0 Å². The lowest BCUT2D eigenvalue weighted by Gasteiger charge is -2.36. The van der Waals surface area contributed by atoms with E-state index in [4.69, 9.17) is 5.11 Å². The molecule has 1 aromatic rings. The molecule has 0 aliphatic heterocycles. The first-order chi connectivity index (χ1) is 10.1. The molecule has 0 spiro atoms. The second kappa shape index (κ2) is 7.19. The summed E-state index contributed by atoms with van der Waals surface area (Å²) in [5, 5.41) is 19.5. The van der Waals surface area contributed by atoms with Crippen molar-refractivity contribution in [1.29, 1.82) is 0 Å². The molecule has 2 N–H and O–H groups in total. The number of hydrogen-bond acceptors (Lipinski definition) is 4. The molecule has 0 unspecified atom stereocenters. The van der Waals surface area contributed by atoms with Crippen molar-refractivity contribution in [3.05, 3.63) is 12.4 Å².